The van der Waals surface area contributed by atoms with Gasteiger partial charge in [-0.1, -0.05) is 6.07 Å². The molecule has 7 heteroatoms. The van der Waals surface area contributed by atoms with Crippen molar-refractivity contribution in [3.05, 3.63) is 47.7 Å². The van der Waals surface area contributed by atoms with Crippen molar-refractivity contribution in [2.75, 3.05) is 31.8 Å². The van der Waals surface area contributed by atoms with Crippen LogP contribution in [0.3, 0.4) is 0 Å². The number of fused-ring (bicyclic) bond motifs is 1. The second-order valence-corrected chi connectivity index (χ2v) is 6.77. The fourth-order valence-electron chi connectivity index (χ4n) is 3.49. The van der Waals surface area contributed by atoms with E-state index in [-0.39, 0.29) is 6.29 Å². The number of hydrogen-bond donors (Lipinski definition) is 0. The number of hydrogen-bond acceptors (Lipinski definition) is 7. The third-order valence-electron chi connectivity index (χ3n) is 4.91. The molecular formula is C21H24N2O5. The molecule has 2 aliphatic rings. The smallest absolute Gasteiger partial charge is 0.341 e. The van der Waals surface area contributed by atoms with Crippen LogP contribution < -0.4 is 9.64 Å². The molecule has 148 valence electrons. The molecule has 0 aliphatic carbocycles. The molecule has 1 saturated heterocycles. The Kier molecular flexibility index (Phi) is 5.73. The van der Waals surface area contributed by atoms with Crippen LogP contribution >= 0.6 is 0 Å². The van der Waals surface area contributed by atoms with Crippen molar-refractivity contribution >= 4 is 17.5 Å². The standard InChI is InChI=1S/C21H24N2O5/c1-25-21(24)16-5-4-6-17-20(16)27-12-10-23(17)18-13-15(8-9-22-18)14-28-19-7-2-3-11-26-19/h4-6,8-9,13,19H,2-3,7,10-12,14H2,1H3. The third kappa shape index (κ3) is 3.95. The van der Waals surface area contributed by atoms with E-state index in [1.54, 1.807) is 12.3 Å². The summed E-state index contributed by atoms with van der Waals surface area (Å²) in [6.07, 6.45) is 4.82. The summed E-state index contributed by atoms with van der Waals surface area (Å²) in [6.45, 7) is 2.33. The maximum Gasteiger partial charge on any atom is 0.341 e. The van der Waals surface area contributed by atoms with Gasteiger partial charge in [-0.25, -0.2) is 9.78 Å². The molecule has 0 radical (unpaired) electrons. The second kappa shape index (κ2) is 8.58. The van der Waals surface area contributed by atoms with E-state index in [1.165, 1.54) is 7.11 Å². The molecule has 7 nitrogen and oxygen atoms in total. The highest BCUT2D eigenvalue weighted by Crippen LogP contribution is 2.38. The Hall–Kier alpha value is -2.64. The number of para-hydroxylation sites is 1. The van der Waals surface area contributed by atoms with Gasteiger partial charge in [0.25, 0.3) is 0 Å². The molecule has 0 amide bonds. The summed E-state index contributed by atoms with van der Waals surface area (Å²) in [5, 5.41) is 0. The van der Waals surface area contributed by atoms with Crippen LogP contribution in [-0.2, 0) is 20.8 Å². The molecular weight excluding hydrogens is 360 g/mol. The van der Waals surface area contributed by atoms with Crippen LogP contribution in [-0.4, -0.2) is 44.1 Å². The fraction of sp³-hybridized carbons (Fsp3) is 0.429. The molecule has 1 atom stereocenters. The van der Waals surface area contributed by atoms with Gasteiger partial charge in [-0.3, -0.25) is 0 Å². The Balaban J connectivity index is 1.55. The Labute approximate surface area is 164 Å². The molecule has 28 heavy (non-hydrogen) atoms. The molecule has 1 unspecified atom stereocenters. The number of aromatic nitrogens is 1. The van der Waals surface area contributed by atoms with Gasteiger partial charge in [0.1, 0.15) is 18.0 Å². The van der Waals surface area contributed by atoms with Gasteiger partial charge in [-0.2, -0.15) is 0 Å². The number of carbonyl (C=O) groups excluding carboxylic acids is 1. The van der Waals surface area contributed by atoms with Crippen molar-refractivity contribution in [1.82, 2.24) is 4.98 Å². The Morgan fingerprint density at radius 1 is 1.29 bits per heavy atom. The lowest BCUT2D eigenvalue weighted by molar-refractivity contribution is -0.168. The fourth-order valence-corrected chi connectivity index (χ4v) is 3.49. The Bertz CT molecular complexity index is 835. The molecule has 2 aliphatic heterocycles. The van der Waals surface area contributed by atoms with Crippen LogP contribution in [0.5, 0.6) is 5.75 Å². The number of ether oxygens (including phenoxy) is 4. The van der Waals surface area contributed by atoms with Crippen molar-refractivity contribution in [2.45, 2.75) is 32.2 Å². The maximum absolute atomic E-state index is 12.1. The predicted molar refractivity (Wildman–Crippen MR) is 103 cm³/mol. The molecule has 2 aromatic rings. The highest BCUT2D eigenvalue weighted by atomic mass is 16.7. The molecule has 1 fully saturated rings. The predicted octanol–water partition coefficient (Wildman–Crippen LogP) is 3.44. The number of carbonyl (C=O) groups is 1. The first-order valence-corrected chi connectivity index (χ1v) is 9.56. The molecule has 0 bridgehead atoms. The van der Waals surface area contributed by atoms with Gasteiger partial charge in [-0.15, -0.1) is 0 Å². The summed E-state index contributed by atoms with van der Waals surface area (Å²) in [4.78, 5) is 18.6. The highest BCUT2D eigenvalue weighted by Gasteiger charge is 2.26. The average molecular weight is 384 g/mol. The van der Waals surface area contributed by atoms with E-state index in [1.807, 2.05) is 29.2 Å². The maximum atomic E-state index is 12.1. The van der Waals surface area contributed by atoms with E-state index in [0.717, 1.165) is 42.9 Å². The van der Waals surface area contributed by atoms with Crippen LogP contribution in [0.25, 0.3) is 0 Å². The quantitative estimate of drug-likeness (QED) is 0.731. The van der Waals surface area contributed by atoms with Crippen molar-refractivity contribution in [3.63, 3.8) is 0 Å². The van der Waals surface area contributed by atoms with Crippen molar-refractivity contribution in [3.8, 4) is 5.75 Å². The molecule has 0 spiro atoms. The largest absolute Gasteiger partial charge is 0.489 e. The zero-order chi connectivity index (χ0) is 19.3. The average Bonchev–Trinajstić information content (AvgIpc) is 2.77. The molecule has 0 saturated carbocycles. The zero-order valence-electron chi connectivity index (χ0n) is 15.9. The van der Waals surface area contributed by atoms with Gasteiger partial charge in [0.2, 0.25) is 0 Å². The zero-order valence-corrected chi connectivity index (χ0v) is 15.9. The minimum Gasteiger partial charge on any atom is -0.489 e. The molecule has 3 heterocycles. The topological polar surface area (TPSA) is 70.1 Å². The number of anilines is 2. The van der Waals surface area contributed by atoms with Crippen molar-refractivity contribution in [1.29, 1.82) is 0 Å². The lowest BCUT2D eigenvalue weighted by Crippen LogP contribution is -2.30. The van der Waals surface area contributed by atoms with Crippen molar-refractivity contribution < 1.29 is 23.7 Å². The molecule has 1 aromatic heterocycles. The Morgan fingerprint density at radius 2 is 2.21 bits per heavy atom. The van der Waals surface area contributed by atoms with Crippen molar-refractivity contribution in [2.24, 2.45) is 0 Å². The highest BCUT2D eigenvalue weighted by molar-refractivity contribution is 5.95. The van der Waals surface area contributed by atoms with Gasteiger partial charge in [-0.05, 0) is 49.1 Å². The van der Waals surface area contributed by atoms with E-state index in [4.69, 9.17) is 18.9 Å². The molecule has 4 rings (SSSR count). The van der Waals surface area contributed by atoms with E-state index >= 15 is 0 Å². The molecule has 1 aromatic carbocycles. The minimum atomic E-state index is -0.415. The van der Waals surface area contributed by atoms with Gasteiger partial charge in [0.15, 0.2) is 12.0 Å². The SMILES string of the molecule is COC(=O)c1cccc2c1OCCN2c1cc(COC2CCCCO2)ccn1. The number of pyridine rings is 1. The van der Waals surface area contributed by atoms with Crippen LogP contribution in [0, 0.1) is 0 Å². The second-order valence-electron chi connectivity index (χ2n) is 6.77. The van der Waals surface area contributed by atoms with Gasteiger partial charge in [0.05, 0.1) is 25.9 Å². The first kappa shape index (κ1) is 18.7. The number of nitrogens with zero attached hydrogens (tertiary/aromatic N) is 2. The van der Waals surface area contributed by atoms with Crippen LogP contribution in [0.1, 0.15) is 35.2 Å². The lowest BCUT2D eigenvalue weighted by Gasteiger charge is -2.31. The lowest BCUT2D eigenvalue weighted by atomic mass is 10.1. The van der Waals surface area contributed by atoms with Crippen LogP contribution in [0.15, 0.2) is 36.5 Å². The summed E-state index contributed by atoms with van der Waals surface area (Å²) < 4.78 is 22.2. The van der Waals surface area contributed by atoms with E-state index in [2.05, 4.69) is 4.98 Å². The summed E-state index contributed by atoms with van der Waals surface area (Å²) in [5.74, 6) is 0.901. The monoisotopic (exact) mass is 384 g/mol. The summed E-state index contributed by atoms with van der Waals surface area (Å²) in [6, 6.07) is 9.39. The van der Waals surface area contributed by atoms with Crippen LogP contribution in [0.2, 0.25) is 0 Å². The first-order valence-electron chi connectivity index (χ1n) is 9.56. The number of rotatable bonds is 5. The third-order valence-corrected chi connectivity index (χ3v) is 4.91. The first-order chi connectivity index (χ1) is 13.8. The van der Waals surface area contributed by atoms with Gasteiger partial charge in [0, 0.05) is 12.8 Å². The van der Waals surface area contributed by atoms with Gasteiger partial charge < -0.3 is 23.8 Å². The summed E-state index contributed by atoms with van der Waals surface area (Å²) in [5.41, 5.74) is 2.24. The number of methoxy groups -OCH3 is 1. The van der Waals surface area contributed by atoms with E-state index in [0.29, 0.717) is 31.1 Å². The number of esters is 1. The minimum absolute atomic E-state index is 0.128. The molecule has 0 N–H and O–H groups in total. The Morgan fingerprint density at radius 3 is 3.04 bits per heavy atom. The van der Waals surface area contributed by atoms with Crippen LogP contribution in [0.4, 0.5) is 11.5 Å². The van der Waals surface area contributed by atoms with Gasteiger partial charge >= 0.3 is 5.97 Å². The normalized spacial score (nSPS) is 18.9. The van der Waals surface area contributed by atoms with E-state index in [9.17, 15) is 4.79 Å². The summed E-state index contributed by atoms with van der Waals surface area (Å²) >= 11 is 0. The number of benzene rings is 1. The van der Waals surface area contributed by atoms with E-state index < -0.39 is 5.97 Å². The summed E-state index contributed by atoms with van der Waals surface area (Å²) in [7, 11) is 1.36.